The van der Waals surface area contributed by atoms with Crippen molar-refractivity contribution < 1.29 is 32.3 Å². The van der Waals surface area contributed by atoms with Gasteiger partial charge in [0.05, 0.1) is 6.61 Å². The lowest BCUT2D eigenvalue weighted by atomic mass is 10.0. The molecule has 1 atom stereocenters. The van der Waals surface area contributed by atoms with Crippen LogP contribution in [0.3, 0.4) is 0 Å². The highest BCUT2D eigenvalue weighted by molar-refractivity contribution is 6.03. The van der Waals surface area contributed by atoms with Crippen molar-refractivity contribution in [3.8, 4) is 0 Å². The minimum absolute atomic E-state index is 0.0746. The number of carbonyl (C=O) groups is 3. The summed E-state index contributed by atoms with van der Waals surface area (Å²) in [6.45, 7) is 1.23. The van der Waals surface area contributed by atoms with Gasteiger partial charge in [0.1, 0.15) is 12.2 Å². The first-order valence-corrected chi connectivity index (χ1v) is 4.05. The molecule has 0 aromatic rings. The van der Waals surface area contributed by atoms with E-state index in [2.05, 4.69) is 4.74 Å². The van der Waals surface area contributed by atoms with Gasteiger partial charge in [-0.3, -0.25) is 9.59 Å². The number of aldehydes is 1. The van der Waals surface area contributed by atoms with E-state index >= 15 is 0 Å². The van der Waals surface area contributed by atoms with E-state index in [4.69, 9.17) is 0 Å². The average Bonchev–Trinajstić information content (AvgIpc) is 2.12. The van der Waals surface area contributed by atoms with Gasteiger partial charge in [0.15, 0.2) is 0 Å². The van der Waals surface area contributed by atoms with Crippen molar-refractivity contribution in [2.45, 2.75) is 19.5 Å². The van der Waals surface area contributed by atoms with E-state index in [0.717, 1.165) is 0 Å². The maximum atomic E-state index is 11.9. The molecule has 0 N–H and O–H groups in total. The third kappa shape index (κ3) is 4.09. The fourth-order valence-electron chi connectivity index (χ4n) is 0.847. The standard InChI is InChI=1S/C8H9F3O4/c1-2-15-7(14)5(3-4-12)6(13)8(9,10)11/h4-5H,2-3H2,1H3/t5-/m1/s1. The molecule has 0 bridgehead atoms. The highest BCUT2D eigenvalue weighted by Crippen LogP contribution is 2.23. The maximum absolute atomic E-state index is 11.9. The summed E-state index contributed by atoms with van der Waals surface area (Å²) in [5, 5.41) is 0. The van der Waals surface area contributed by atoms with E-state index in [9.17, 15) is 27.6 Å². The van der Waals surface area contributed by atoms with Crippen LogP contribution in [0, 0.1) is 5.92 Å². The van der Waals surface area contributed by atoms with Gasteiger partial charge < -0.3 is 9.53 Å². The fraction of sp³-hybridized carbons (Fsp3) is 0.625. The van der Waals surface area contributed by atoms with Gasteiger partial charge in [0.25, 0.3) is 5.78 Å². The van der Waals surface area contributed by atoms with Crippen molar-refractivity contribution in [3.05, 3.63) is 0 Å². The molecule has 0 spiro atoms. The van der Waals surface area contributed by atoms with E-state index in [-0.39, 0.29) is 12.9 Å². The summed E-state index contributed by atoms with van der Waals surface area (Å²) in [4.78, 5) is 31.6. The van der Waals surface area contributed by atoms with Gasteiger partial charge >= 0.3 is 12.1 Å². The maximum Gasteiger partial charge on any atom is 0.450 e. The van der Waals surface area contributed by atoms with Crippen LogP contribution in [0.2, 0.25) is 0 Å². The van der Waals surface area contributed by atoms with E-state index < -0.39 is 30.3 Å². The molecule has 0 heterocycles. The summed E-state index contributed by atoms with van der Waals surface area (Å²) in [6, 6.07) is 0. The Kier molecular flexibility index (Phi) is 4.96. The number of esters is 1. The van der Waals surface area contributed by atoms with Crippen molar-refractivity contribution in [2.24, 2.45) is 5.92 Å². The second-order valence-corrected chi connectivity index (χ2v) is 2.57. The molecule has 0 aliphatic rings. The largest absolute Gasteiger partial charge is 0.465 e. The Morgan fingerprint density at radius 3 is 2.27 bits per heavy atom. The fourth-order valence-corrected chi connectivity index (χ4v) is 0.847. The highest BCUT2D eigenvalue weighted by atomic mass is 19.4. The summed E-state index contributed by atoms with van der Waals surface area (Å²) in [5.41, 5.74) is 0. The second kappa shape index (κ2) is 5.47. The lowest BCUT2D eigenvalue weighted by Crippen LogP contribution is -2.36. The van der Waals surface area contributed by atoms with E-state index in [1.54, 1.807) is 0 Å². The summed E-state index contributed by atoms with van der Waals surface area (Å²) in [5.74, 6) is -5.66. The van der Waals surface area contributed by atoms with Crippen LogP contribution in [0.5, 0.6) is 0 Å². The van der Waals surface area contributed by atoms with E-state index in [1.807, 2.05) is 0 Å². The molecule has 15 heavy (non-hydrogen) atoms. The van der Waals surface area contributed by atoms with E-state index in [1.165, 1.54) is 6.92 Å². The molecule has 86 valence electrons. The van der Waals surface area contributed by atoms with Crippen LogP contribution < -0.4 is 0 Å². The van der Waals surface area contributed by atoms with Gasteiger partial charge in [-0.05, 0) is 6.92 Å². The number of alkyl halides is 3. The highest BCUT2D eigenvalue weighted by Gasteiger charge is 2.46. The minimum Gasteiger partial charge on any atom is -0.465 e. The first-order valence-electron chi connectivity index (χ1n) is 4.05. The van der Waals surface area contributed by atoms with Crippen molar-refractivity contribution in [1.29, 1.82) is 0 Å². The van der Waals surface area contributed by atoms with Crippen LogP contribution in [0.15, 0.2) is 0 Å². The molecule has 0 fully saturated rings. The lowest BCUT2D eigenvalue weighted by molar-refractivity contribution is -0.181. The Hall–Kier alpha value is -1.40. The molecule has 0 saturated heterocycles. The van der Waals surface area contributed by atoms with Gasteiger partial charge in [-0.15, -0.1) is 0 Å². The topological polar surface area (TPSA) is 60.4 Å². The minimum atomic E-state index is -5.14. The molecular weight excluding hydrogens is 217 g/mol. The predicted molar refractivity (Wildman–Crippen MR) is 41.9 cm³/mol. The number of ether oxygens (including phenoxy) is 1. The Labute approximate surface area is 83.4 Å². The molecule has 0 radical (unpaired) electrons. The van der Waals surface area contributed by atoms with Crippen molar-refractivity contribution >= 4 is 18.0 Å². The number of hydrogen-bond acceptors (Lipinski definition) is 4. The molecular formula is C8H9F3O4. The third-order valence-corrected chi connectivity index (χ3v) is 1.50. The molecule has 0 saturated carbocycles. The number of carbonyl (C=O) groups excluding carboxylic acids is 3. The summed E-state index contributed by atoms with van der Waals surface area (Å²) < 4.78 is 40.1. The summed E-state index contributed by atoms with van der Waals surface area (Å²) in [6.07, 6.45) is -5.89. The normalized spacial score (nSPS) is 13.1. The SMILES string of the molecule is CCOC(=O)[C@H](CC=O)C(=O)C(F)(F)F. The zero-order valence-corrected chi connectivity index (χ0v) is 7.84. The van der Waals surface area contributed by atoms with E-state index in [0.29, 0.717) is 0 Å². The second-order valence-electron chi connectivity index (χ2n) is 2.57. The van der Waals surface area contributed by atoms with Crippen LogP contribution in [0.1, 0.15) is 13.3 Å². The molecule has 0 rings (SSSR count). The quantitative estimate of drug-likeness (QED) is 0.396. The van der Waals surface area contributed by atoms with Gasteiger partial charge in [-0.1, -0.05) is 0 Å². The van der Waals surface area contributed by atoms with Gasteiger partial charge in [-0.25, -0.2) is 0 Å². The molecule has 0 aliphatic carbocycles. The molecule has 0 aromatic heterocycles. The number of halogens is 3. The Morgan fingerprint density at radius 1 is 1.40 bits per heavy atom. The lowest BCUT2D eigenvalue weighted by Gasteiger charge is -2.13. The van der Waals surface area contributed by atoms with Crippen LogP contribution in [0.25, 0.3) is 0 Å². The molecule has 4 nitrogen and oxygen atoms in total. The van der Waals surface area contributed by atoms with Crippen LogP contribution in [-0.4, -0.2) is 30.8 Å². The molecule has 7 heteroatoms. The predicted octanol–water partition coefficient (Wildman–Crippen LogP) is 0.886. The zero-order valence-electron chi connectivity index (χ0n) is 7.84. The van der Waals surface area contributed by atoms with Gasteiger partial charge in [-0.2, -0.15) is 13.2 Å². The van der Waals surface area contributed by atoms with Crippen molar-refractivity contribution in [2.75, 3.05) is 6.61 Å². The Morgan fingerprint density at radius 2 is 1.93 bits per heavy atom. The smallest absolute Gasteiger partial charge is 0.450 e. The van der Waals surface area contributed by atoms with Crippen LogP contribution in [0.4, 0.5) is 13.2 Å². The Balaban J connectivity index is 4.73. The van der Waals surface area contributed by atoms with Crippen molar-refractivity contribution in [1.82, 2.24) is 0 Å². The first-order chi connectivity index (χ1) is 6.84. The van der Waals surface area contributed by atoms with Gasteiger partial charge in [0.2, 0.25) is 0 Å². The zero-order chi connectivity index (χ0) is 12.1. The van der Waals surface area contributed by atoms with Crippen LogP contribution in [-0.2, 0) is 19.1 Å². The molecule has 0 aliphatic heterocycles. The number of Topliss-reactive ketones (excluding diaryl/α,β-unsaturated/α-hetero) is 1. The number of ketones is 1. The summed E-state index contributed by atoms with van der Waals surface area (Å²) in [7, 11) is 0. The molecule has 0 aromatic carbocycles. The number of rotatable bonds is 5. The van der Waals surface area contributed by atoms with Crippen molar-refractivity contribution in [3.63, 3.8) is 0 Å². The molecule has 0 unspecified atom stereocenters. The number of hydrogen-bond donors (Lipinski definition) is 0. The first kappa shape index (κ1) is 13.6. The van der Waals surface area contributed by atoms with Crippen LogP contribution >= 0.6 is 0 Å². The monoisotopic (exact) mass is 226 g/mol. The summed E-state index contributed by atoms with van der Waals surface area (Å²) >= 11 is 0. The third-order valence-electron chi connectivity index (χ3n) is 1.50. The molecule has 0 amide bonds. The Bertz CT molecular complexity index is 259. The van der Waals surface area contributed by atoms with Gasteiger partial charge in [0, 0.05) is 6.42 Å². The average molecular weight is 226 g/mol.